The molecule has 0 fully saturated rings. The summed E-state index contributed by atoms with van der Waals surface area (Å²) in [5, 5.41) is 4.23. The number of alkyl halides is 1. The Labute approximate surface area is 129 Å². The van der Waals surface area contributed by atoms with Crippen molar-refractivity contribution in [1.82, 2.24) is 19.3 Å². The summed E-state index contributed by atoms with van der Waals surface area (Å²) < 4.78 is 8.86. The molecule has 1 unspecified atom stereocenters. The van der Waals surface area contributed by atoms with Crippen molar-refractivity contribution in [1.29, 1.82) is 0 Å². The molecule has 2 aromatic heterocycles. The normalized spacial score (nSPS) is 12.8. The fourth-order valence-electron chi connectivity index (χ4n) is 2.42. The number of aromatic nitrogens is 4. The number of aryl methyl sites for hydroxylation is 3. The van der Waals surface area contributed by atoms with Gasteiger partial charge in [-0.1, -0.05) is 0 Å². The Hall–Kier alpha value is -1.56. The van der Waals surface area contributed by atoms with Gasteiger partial charge < -0.3 is 9.30 Å². The summed E-state index contributed by atoms with van der Waals surface area (Å²) in [6, 6.07) is 0. The van der Waals surface area contributed by atoms with Crippen molar-refractivity contribution in [2.75, 3.05) is 6.61 Å². The van der Waals surface area contributed by atoms with Crippen molar-refractivity contribution in [2.45, 2.75) is 52.6 Å². The number of nitrogens with zero attached hydrogens (tertiary/aromatic N) is 4. The molecule has 0 bridgehead atoms. The highest BCUT2D eigenvalue weighted by Gasteiger charge is 2.21. The van der Waals surface area contributed by atoms with E-state index < -0.39 is 0 Å². The van der Waals surface area contributed by atoms with Crippen LogP contribution in [0.4, 0.5) is 0 Å². The van der Waals surface area contributed by atoms with Crippen LogP contribution in [0.3, 0.4) is 0 Å². The first-order valence-corrected chi connectivity index (χ1v) is 7.66. The van der Waals surface area contributed by atoms with Gasteiger partial charge in [-0.15, -0.1) is 11.6 Å². The summed E-state index contributed by atoms with van der Waals surface area (Å²) in [5.41, 5.74) is 2.64. The molecule has 0 N–H and O–H groups in total. The minimum absolute atomic E-state index is 0.216. The van der Waals surface area contributed by atoms with Crippen molar-refractivity contribution >= 4 is 28.7 Å². The zero-order valence-corrected chi connectivity index (χ0v) is 13.6. The number of ether oxygens (including phenoxy) is 1. The van der Waals surface area contributed by atoms with Crippen LogP contribution in [0.1, 0.15) is 44.1 Å². The predicted molar refractivity (Wildman–Crippen MR) is 81.4 cm³/mol. The molecule has 0 aliphatic heterocycles. The van der Waals surface area contributed by atoms with Gasteiger partial charge >= 0.3 is 5.97 Å². The summed E-state index contributed by atoms with van der Waals surface area (Å²) in [6.07, 6.45) is 0.295. The molecule has 0 amide bonds. The lowest BCUT2D eigenvalue weighted by atomic mass is 10.4. The second-order valence-electron chi connectivity index (χ2n) is 4.87. The van der Waals surface area contributed by atoms with Gasteiger partial charge in [0.1, 0.15) is 11.3 Å². The second-order valence-corrected chi connectivity index (χ2v) is 5.52. The summed E-state index contributed by atoms with van der Waals surface area (Å²) in [7, 11) is 0. The lowest BCUT2D eigenvalue weighted by molar-refractivity contribution is -0.143. The third-order valence-corrected chi connectivity index (χ3v) is 3.52. The minimum atomic E-state index is -0.232. The number of hydrogen-bond acceptors (Lipinski definition) is 4. The Balaban J connectivity index is 2.42. The molecule has 7 heteroatoms. The van der Waals surface area contributed by atoms with Gasteiger partial charge in [0, 0.05) is 13.1 Å². The Morgan fingerprint density at radius 2 is 2.14 bits per heavy atom. The molecule has 6 nitrogen and oxygen atoms in total. The average Bonchev–Trinajstić information content (AvgIpc) is 2.95. The summed E-state index contributed by atoms with van der Waals surface area (Å²) in [4.78, 5) is 16.2. The van der Waals surface area contributed by atoms with Crippen LogP contribution in [0.5, 0.6) is 0 Å². The van der Waals surface area contributed by atoms with Gasteiger partial charge in [0.05, 0.1) is 24.1 Å². The Morgan fingerprint density at radius 3 is 2.71 bits per heavy atom. The van der Waals surface area contributed by atoms with Gasteiger partial charge in [-0.05, 0) is 27.7 Å². The molecule has 0 saturated heterocycles. The molecule has 21 heavy (non-hydrogen) atoms. The van der Waals surface area contributed by atoms with E-state index >= 15 is 0 Å². The fourth-order valence-corrected chi connectivity index (χ4v) is 2.59. The standard InChI is InChI=1S/C14H21ClN4O2/c1-5-19-14-12(10(4)17-19)16-13(9(3)15)18(14)8-7-11(20)21-6-2/h9H,5-8H2,1-4H3. The average molecular weight is 313 g/mol. The highest BCUT2D eigenvalue weighted by molar-refractivity contribution is 6.20. The first kappa shape index (κ1) is 15.8. The van der Waals surface area contributed by atoms with Crippen LogP contribution in [0.2, 0.25) is 0 Å². The number of imidazole rings is 1. The number of halogens is 1. The van der Waals surface area contributed by atoms with Gasteiger partial charge in [-0.3, -0.25) is 4.79 Å². The first-order chi connectivity index (χ1) is 9.99. The third kappa shape index (κ3) is 3.05. The lowest BCUT2D eigenvalue weighted by Crippen LogP contribution is -2.13. The highest BCUT2D eigenvalue weighted by Crippen LogP contribution is 2.26. The Kier molecular flexibility index (Phi) is 4.88. The van der Waals surface area contributed by atoms with Crippen LogP contribution in [-0.4, -0.2) is 31.9 Å². The molecular formula is C14H21ClN4O2. The maximum atomic E-state index is 11.6. The van der Waals surface area contributed by atoms with Gasteiger partial charge in [-0.25, -0.2) is 9.67 Å². The predicted octanol–water partition coefficient (Wildman–Crippen LogP) is 2.81. The third-order valence-electron chi connectivity index (χ3n) is 3.33. The van der Waals surface area contributed by atoms with Crippen molar-refractivity contribution in [2.24, 2.45) is 0 Å². The molecule has 0 aromatic carbocycles. The summed E-state index contributed by atoms with van der Waals surface area (Å²) >= 11 is 6.23. The molecule has 116 valence electrons. The van der Waals surface area contributed by atoms with Gasteiger partial charge in [0.2, 0.25) is 0 Å². The number of hydrogen-bond donors (Lipinski definition) is 0. The monoisotopic (exact) mass is 312 g/mol. The lowest BCUT2D eigenvalue weighted by Gasteiger charge is -2.11. The van der Waals surface area contributed by atoms with Crippen LogP contribution < -0.4 is 0 Å². The summed E-state index contributed by atoms with van der Waals surface area (Å²) in [6.45, 7) is 9.26. The smallest absolute Gasteiger partial charge is 0.307 e. The van der Waals surface area contributed by atoms with Crippen LogP contribution in [0, 0.1) is 6.92 Å². The van der Waals surface area contributed by atoms with E-state index in [-0.39, 0.29) is 11.3 Å². The molecule has 2 aromatic rings. The molecular weight excluding hydrogens is 292 g/mol. The topological polar surface area (TPSA) is 61.9 Å². The zero-order valence-electron chi connectivity index (χ0n) is 12.9. The number of rotatable bonds is 6. The van der Waals surface area contributed by atoms with E-state index in [1.807, 2.05) is 30.0 Å². The van der Waals surface area contributed by atoms with Crippen LogP contribution in [0.15, 0.2) is 0 Å². The number of carbonyl (C=O) groups is 1. The van der Waals surface area contributed by atoms with E-state index in [0.29, 0.717) is 19.6 Å². The maximum Gasteiger partial charge on any atom is 0.307 e. The molecule has 1 atom stereocenters. The first-order valence-electron chi connectivity index (χ1n) is 7.22. The molecule has 0 radical (unpaired) electrons. The van der Waals surface area contributed by atoms with E-state index in [9.17, 15) is 4.79 Å². The molecule has 0 aliphatic carbocycles. The van der Waals surface area contributed by atoms with Crippen LogP contribution in [-0.2, 0) is 22.6 Å². The van der Waals surface area contributed by atoms with Crippen LogP contribution in [0.25, 0.3) is 11.2 Å². The number of esters is 1. The van der Waals surface area contributed by atoms with E-state index in [1.54, 1.807) is 6.92 Å². The van der Waals surface area contributed by atoms with Crippen molar-refractivity contribution in [3.8, 4) is 0 Å². The maximum absolute atomic E-state index is 11.6. The van der Waals surface area contributed by atoms with Crippen LogP contribution >= 0.6 is 11.6 Å². The second kappa shape index (κ2) is 6.47. The van der Waals surface area contributed by atoms with Crippen molar-refractivity contribution in [3.63, 3.8) is 0 Å². The Bertz CT molecular complexity index is 645. The largest absolute Gasteiger partial charge is 0.466 e. The molecule has 2 heterocycles. The van der Waals surface area contributed by atoms with E-state index in [2.05, 4.69) is 10.1 Å². The van der Waals surface area contributed by atoms with Gasteiger partial charge in [0.25, 0.3) is 0 Å². The molecule has 0 saturated carbocycles. The van der Waals surface area contributed by atoms with Gasteiger partial charge in [0.15, 0.2) is 5.65 Å². The highest BCUT2D eigenvalue weighted by atomic mass is 35.5. The van der Waals surface area contributed by atoms with E-state index in [1.165, 1.54) is 0 Å². The Morgan fingerprint density at radius 1 is 1.43 bits per heavy atom. The van der Waals surface area contributed by atoms with Gasteiger partial charge in [-0.2, -0.15) is 5.10 Å². The zero-order chi connectivity index (χ0) is 15.6. The number of fused-ring (bicyclic) bond motifs is 1. The summed E-state index contributed by atoms with van der Waals surface area (Å²) in [5.74, 6) is 0.547. The van der Waals surface area contributed by atoms with E-state index in [0.717, 1.165) is 29.2 Å². The molecule has 0 spiro atoms. The molecule has 0 aliphatic rings. The number of carbonyl (C=O) groups excluding carboxylic acids is 1. The van der Waals surface area contributed by atoms with Crippen molar-refractivity contribution < 1.29 is 9.53 Å². The SMILES string of the molecule is CCOC(=O)CCn1c(C(C)Cl)nc2c(C)nn(CC)c21. The minimum Gasteiger partial charge on any atom is -0.466 e. The quantitative estimate of drug-likeness (QED) is 0.608. The van der Waals surface area contributed by atoms with E-state index in [4.69, 9.17) is 16.3 Å². The molecule has 2 rings (SSSR count). The fraction of sp³-hybridized carbons (Fsp3) is 0.643. The van der Waals surface area contributed by atoms with Crippen molar-refractivity contribution in [3.05, 3.63) is 11.5 Å².